The van der Waals surface area contributed by atoms with Gasteiger partial charge in [-0.1, -0.05) is 64.5 Å². The number of carbonyl (C=O) groups excluding carboxylic acids is 1. The Hall–Kier alpha value is -2.35. The van der Waals surface area contributed by atoms with Gasteiger partial charge in [-0.05, 0) is 70.5 Å². The highest BCUT2D eigenvalue weighted by Gasteiger charge is 2.37. The lowest BCUT2D eigenvalue weighted by molar-refractivity contribution is -0.123. The Bertz CT molecular complexity index is 1180. The number of nitrogens with zero attached hydrogens (tertiary/aromatic N) is 2. The first-order chi connectivity index (χ1) is 14.9. The molecule has 1 fully saturated rings. The Morgan fingerprint density at radius 1 is 1.03 bits per heavy atom. The molecule has 1 aliphatic heterocycles. The number of amidine groups is 1. The number of para-hydroxylation sites is 1. The van der Waals surface area contributed by atoms with E-state index in [2.05, 4.69) is 31.9 Å². The molecule has 156 valence electrons. The van der Waals surface area contributed by atoms with Gasteiger partial charge in [0.05, 0.1) is 21.1 Å². The van der Waals surface area contributed by atoms with Crippen LogP contribution >= 0.6 is 43.6 Å². The van der Waals surface area contributed by atoms with E-state index in [0.717, 1.165) is 15.7 Å². The summed E-state index contributed by atoms with van der Waals surface area (Å²) >= 11 is 8.09. The zero-order valence-electron chi connectivity index (χ0n) is 16.5. The van der Waals surface area contributed by atoms with Crippen LogP contribution in [0.1, 0.15) is 24.1 Å². The molecule has 0 spiro atoms. The van der Waals surface area contributed by atoms with E-state index in [1.54, 1.807) is 23.1 Å². The van der Waals surface area contributed by atoms with Gasteiger partial charge in [0.25, 0.3) is 5.91 Å². The molecule has 4 rings (SSSR count). The molecule has 1 atom stereocenters. The number of hydrogen-bond acceptors (Lipinski definition) is 4. The predicted molar refractivity (Wildman–Crippen MR) is 134 cm³/mol. The molecule has 3 aromatic carbocycles. The van der Waals surface area contributed by atoms with Crippen molar-refractivity contribution in [2.75, 3.05) is 0 Å². The molecule has 0 unspecified atom stereocenters. The molecule has 7 heteroatoms. The van der Waals surface area contributed by atoms with Crippen LogP contribution in [0.15, 0.2) is 91.6 Å². The highest BCUT2D eigenvalue weighted by atomic mass is 79.9. The van der Waals surface area contributed by atoms with Crippen LogP contribution in [0.4, 0.5) is 5.69 Å². The van der Waals surface area contributed by atoms with Crippen LogP contribution in [0.3, 0.4) is 0 Å². The molecule has 4 nitrogen and oxygen atoms in total. The second-order valence-corrected chi connectivity index (χ2v) is 9.71. The highest BCUT2D eigenvalue weighted by molar-refractivity contribution is 9.11. The van der Waals surface area contributed by atoms with Crippen molar-refractivity contribution >= 4 is 66.5 Å². The lowest BCUT2D eigenvalue weighted by Crippen LogP contribution is -2.32. The minimum absolute atomic E-state index is 0.0835. The van der Waals surface area contributed by atoms with Crippen LogP contribution in [0.25, 0.3) is 6.08 Å². The van der Waals surface area contributed by atoms with Crippen molar-refractivity contribution in [3.8, 4) is 5.75 Å². The van der Waals surface area contributed by atoms with Gasteiger partial charge in [0.15, 0.2) is 5.17 Å². The Morgan fingerprint density at radius 2 is 1.68 bits per heavy atom. The lowest BCUT2D eigenvalue weighted by atomic mass is 10.1. The molecule has 0 saturated carbocycles. The van der Waals surface area contributed by atoms with E-state index in [1.807, 2.05) is 67.6 Å². The molecule has 0 radical (unpaired) electrons. The van der Waals surface area contributed by atoms with Crippen molar-refractivity contribution in [2.24, 2.45) is 4.99 Å². The quantitative estimate of drug-likeness (QED) is 0.343. The number of hydrogen-bond donors (Lipinski definition) is 1. The SMILES string of the molecule is C[C@H](c1ccccc1)N1C(=O)/C(=C\c2cc(Br)cc(Br)c2O)SC1=Nc1ccccc1. The predicted octanol–water partition coefficient (Wildman–Crippen LogP) is 7.28. The van der Waals surface area contributed by atoms with E-state index in [1.165, 1.54) is 11.8 Å². The van der Waals surface area contributed by atoms with Crippen molar-refractivity contribution in [3.05, 3.63) is 97.8 Å². The maximum atomic E-state index is 13.5. The molecule has 0 aliphatic carbocycles. The van der Waals surface area contributed by atoms with Crippen LogP contribution in [0, 0.1) is 0 Å². The van der Waals surface area contributed by atoms with E-state index in [9.17, 15) is 9.90 Å². The number of benzene rings is 3. The zero-order valence-corrected chi connectivity index (χ0v) is 20.5. The number of aromatic hydroxyl groups is 1. The average Bonchev–Trinajstić information content (AvgIpc) is 3.07. The molecule has 1 heterocycles. The van der Waals surface area contributed by atoms with Gasteiger partial charge in [-0.15, -0.1) is 0 Å². The smallest absolute Gasteiger partial charge is 0.267 e. The molecule has 1 aliphatic rings. The molecule has 0 bridgehead atoms. The first-order valence-electron chi connectivity index (χ1n) is 9.54. The number of aliphatic imine (C=N–C) groups is 1. The molecular formula is C24H18Br2N2O2S. The number of amides is 1. The molecule has 1 amide bonds. The third kappa shape index (κ3) is 4.79. The van der Waals surface area contributed by atoms with Gasteiger partial charge in [0.2, 0.25) is 0 Å². The Labute approximate surface area is 202 Å². The maximum Gasteiger partial charge on any atom is 0.267 e. The molecule has 0 aromatic heterocycles. The fourth-order valence-electron chi connectivity index (χ4n) is 3.24. The van der Waals surface area contributed by atoms with Gasteiger partial charge in [0, 0.05) is 10.0 Å². The first-order valence-corrected chi connectivity index (χ1v) is 11.9. The van der Waals surface area contributed by atoms with Crippen LogP contribution in [0.5, 0.6) is 5.75 Å². The van der Waals surface area contributed by atoms with Crippen molar-refractivity contribution in [2.45, 2.75) is 13.0 Å². The highest BCUT2D eigenvalue weighted by Crippen LogP contribution is 2.41. The largest absolute Gasteiger partial charge is 0.506 e. The first kappa shape index (κ1) is 21.9. The summed E-state index contributed by atoms with van der Waals surface area (Å²) in [5, 5.41) is 11.1. The second-order valence-electron chi connectivity index (χ2n) is 6.93. The molecular weight excluding hydrogens is 540 g/mol. The summed E-state index contributed by atoms with van der Waals surface area (Å²) in [4.78, 5) is 20.4. The van der Waals surface area contributed by atoms with E-state index < -0.39 is 0 Å². The summed E-state index contributed by atoms with van der Waals surface area (Å²) in [7, 11) is 0. The molecule has 1 N–H and O–H groups in total. The maximum absolute atomic E-state index is 13.5. The Kier molecular flexibility index (Phi) is 6.65. The van der Waals surface area contributed by atoms with E-state index >= 15 is 0 Å². The normalized spacial score (nSPS) is 17.5. The third-order valence-corrected chi connectivity index (χ3v) is 6.88. The van der Waals surface area contributed by atoms with Crippen LogP contribution in [0.2, 0.25) is 0 Å². The number of carbonyl (C=O) groups is 1. The third-order valence-electron chi connectivity index (χ3n) is 4.83. The topological polar surface area (TPSA) is 52.9 Å². The van der Waals surface area contributed by atoms with Crippen LogP contribution < -0.4 is 0 Å². The number of rotatable bonds is 4. The zero-order chi connectivity index (χ0) is 22.0. The Morgan fingerprint density at radius 3 is 2.35 bits per heavy atom. The summed E-state index contributed by atoms with van der Waals surface area (Å²) in [6, 6.07) is 22.8. The fraction of sp³-hybridized carbons (Fsp3) is 0.0833. The van der Waals surface area contributed by atoms with Gasteiger partial charge < -0.3 is 5.11 Å². The standard InChI is InChI=1S/C24H18Br2N2O2S/c1-15(16-8-4-2-5-9-16)28-23(30)21(13-17-12-18(25)14-20(26)22(17)29)31-24(28)27-19-10-6-3-7-11-19/h2-15,29H,1H3/b21-13+,27-24?/t15-/m1/s1. The fourth-order valence-corrected chi connectivity index (χ4v) is 5.55. The summed E-state index contributed by atoms with van der Waals surface area (Å²) in [6.07, 6.45) is 1.70. The van der Waals surface area contributed by atoms with Crippen molar-refractivity contribution < 1.29 is 9.90 Å². The van der Waals surface area contributed by atoms with Crippen molar-refractivity contribution in [1.82, 2.24) is 4.90 Å². The van der Waals surface area contributed by atoms with E-state index in [-0.39, 0.29) is 17.7 Å². The summed E-state index contributed by atoms with van der Waals surface area (Å²) < 4.78 is 1.35. The number of phenols is 1. The summed E-state index contributed by atoms with van der Waals surface area (Å²) in [5.41, 5.74) is 2.34. The van der Waals surface area contributed by atoms with E-state index in [4.69, 9.17) is 4.99 Å². The van der Waals surface area contributed by atoms with Gasteiger partial charge >= 0.3 is 0 Å². The monoisotopic (exact) mass is 556 g/mol. The molecule has 1 saturated heterocycles. The van der Waals surface area contributed by atoms with Gasteiger partial charge in [0.1, 0.15) is 5.75 Å². The summed E-state index contributed by atoms with van der Waals surface area (Å²) in [6.45, 7) is 1.99. The van der Waals surface area contributed by atoms with E-state index in [0.29, 0.717) is 20.1 Å². The van der Waals surface area contributed by atoms with Crippen molar-refractivity contribution in [3.63, 3.8) is 0 Å². The minimum atomic E-state index is -0.197. The van der Waals surface area contributed by atoms with Crippen LogP contribution in [-0.4, -0.2) is 21.1 Å². The van der Waals surface area contributed by atoms with Crippen molar-refractivity contribution in [1.29, 1.82) is 0 Å². The summed E-state index contributed by atoms with van der Waals surface area (Å²) in [5.74, 6) is -0.0632. The average molecular weight is 558 g/mol. The van der Waals surface area contributed by atoms with Gasteiger partial charge in [-0.25, -0.2) is 4.99 Å². The van der Waals surface area contributed by atoms with Gasteiger partial charge in [-0.3, -0.25) is 9.69 Å². The van der Waals surface area contributed by atoms with Crippen LogP contribution in [-0.2, 0) is 4.79 Å². The Balaban J connectivity index is 1.78. The lowest BCUT2D eigenvalue weighted by Gasteiger charge is -2.24. The number of halogens is 2. The minimum Gasteiger partial charge on any atom is -0.506 e. The number of phenolic OH excluding ortho intramolecular Hbond substituents is 1. The van der Waals surface area contributed by atoms with Gasteiger partial charge in [-0.2, -0.15) is 0 Å². The number of thioether (sulfide) groups is 1. The molecule has 31 heavy (non-hydrogen) atoms. The molecule has 3 aromatic rings. The second kappa shape index (κ2) is 9.42.